The zero-order valence-electron chi connectivity index (χ0n) is 19.5. The first kappa shape index (κ1) is 31.2. The van der Waals surface area contributed by atoms with Crippen molar-refractivity contribution in [3.8, 4) is 0 Å². The molecular weight excluding hydrogens is 444 g/mol. The van der Waals surface area contributed by atoms with Crippen molar-refractivity contribution < 1.29 is 57.4 Å². The molecule has 0 aliphatic rings. The first-order chi connectivity index (χ1) is 16.1. The van der Waals surface area contributed by atoms with Crippen LogP contribution in [0, 0.1) is 0 Å². The van der Waals surface area contributed by atoms with Crippen LogP contribution in [-0.2, 0) is 52.3 Å². The summed E-state index contributed by atoms with van der Waals surface area (Å²) in [6.45, 7) is 4.47. The molecule has 0 aromatic rings. The van der Waals surface area contributed by atoms with Gasteiger partial charge in [-0.25, -0.2) is 4.79 Å². The fourth-order valence-corrected chi connectivity index (χ4v) is 2.15. The lowest BCUT2D eigenvalue weighted by atomic mass is 10.2. The van der Waals surface area contributed by atoms with Crippen molar-refractivity contribution in [2.75, 3.05) is 93.0 Å². The molecule has 0 saturated heterocycles. The van der Waals surface area contributed by atoms with E-state index in [1.165, 1.54) is 7.11 Å². The fourth-order valence-electron chi connectivity index (χ4n) is 2.15. The number of hydrogen-bond donors (Lipinski definition) is 1. The van der Waals surface area contributed by atoms with Gasteiger partial charge in [0.25, 0.3) is 0 Å². The summed E-state index contributed by atoms with van der Waals surface area (Å²) in [4.78, 5) is 32.6. The number of methoxy groups -OCH3 is 1. The molecule has 0 amide bonds. The molecule has 0 unspecified atom stereocenters. The van der Waals surface area contributed by atoms with Crippen LogP contribution in [0.4, 0.5) is 0 Å². The summed E-state index contributed by atoms with van der Waals surface area (Å²) in [6.07, 6.45) is 1.23. The minimum Gasteiger partial charge on any atom is -0.481 e. The van der Waals surface area contributed by atoms with E-state index in [1.54, 1.807) is 0 Å². The molecule has 0 atom stereocenters. The van der Waals surface area contributed by atoms with Gasteiger partial charge in [0.1, 0.15) is 13.2 Å². The third kappa shape index (κ3) is 26.3. The molecule has 0 heterocycles. The molecule has 12 nitrogen and oxygen atoms in total. The summed E-state index contributed by atoms with van der Waals surface area (Å²) in [6, 6.07) is 0. The third-order valence-electron chi connectivity index (χ3n) is 3.82. The zero-order valence-corrected chi connectivity index (χ0v) is 19.5. The largest absolute Gasteiger partial charge is 0.481 e. The SMILES string of the molecule is COC(=O)COCCOCCOCCOCCOCCOCCOC(=O)CCCCC(=O)O. The van der Waals surface area contributed by atoms with Crippen molar-refractivity contribution in [1.29, 1.82) is 0 Å². The smallest absolute Gasteiger partial charge is 0.331 e. The second kappa shape index (κ2) is 24.8. The predicted octanol–water partition coefficient (Wildman–Crippen LogP) is 0.447. The van der Waals surface area contributed by atoms with Crippen molar-refractivity contribution >= 4 is 17.9 Å². The van der Waals surface area contributed by atoms with Crippen LogP contribution >= 0.6 is 0 Å². The maximum Gasteiger partial charge on any atom is 0.331 e. The molecule has 0 spiro atoms. The number of carbonyl (C=O) groups is 3. The number of aliphatic carboxylic acids is 1. The van der Waals surface area contributed by atoms with Gasteiger partial charge >= 0.3 is 17.9 Å². The van der Waals surface area contributed by atoms with Crippen LogP contribution in [0.2, 0.25) is 0 Å². The van der Waals surface area contributed by atoms with Crippen molar-refractivity contribution in [1.82, 2.24) is 0 Å². The Kier molecular flexibility index (Phi) is 23.4. The molecule has 194 valence electrons. The highest BCUT2D eigenvalue weighted by atomic mass is 16.6. The number of rotatable bonds is 25. The van der Waals surface area contributed by atoms with Gasteiger partial charge in [-0.2, -0.15) is 0 Å². The Labute approximate surface area is 194 Å². The van der Waals surface area contributed by atoms with E-state index in [0.29, 0.717) is 78.9 Å². The van der Waals surface area contributed by atoms with E-state index in [9.17, 15) is 14.4 Å². The van der Waals surface area contributed by atoms with E-state index >= 15 is 0 Å². The first-order valence-corrected chi connectivity index (χ1v) is 11.0. The molecule has 0 aliphatic carbocycles. The molecule has 0 saturated carbocycles. The molecule has 0 fully saturated rings. The lowest BCUT2D eigenvalue weighted by Gasteiger charge is -2.08. The summed E-state index contributed by atoms with van der Waals surface area (Å²) in [5.41, 5.74) is 0. The van der Waals surface area contributed by atoms with Gasteiger partial charge in [0.05, 0.1) is 79.8 Å². The Hall–Kier alpha value is -1.83. The topological polar surface area (TPSA) is 145 Å². The van der Waals surface area contributed by atoms with Crippen molar-refractivity contribution in [2.24, 2.45) is 0 Å². The van der Waals surface area contributed by atoms with Gasteiger partial charge in [0, 0.05) is 12.8 Å². The van der Waals surface area contributed by atoms with Crippen LogP contribution < -0.4 is 0 Å². The van der Waals surface area contributed by atoms with Gasteiger partial charge in [0.15, 0.2) is 0 Å². The molecule has 12 heteroatoms. The Balaban J connectivity index is 3.13. The minimum atomic E-state index is -0.865. The number of unbranched alkanes of at least 4 members (excludes halogenated alkanes) is 1. The van der Waals surface area contributed by atoms with Gasteiger partial charge in [-0.3, -0.25) is 9.59 Å². The second-order valence-electron chi connectivity index (χ2n) is 6.51. The number of hydrogen-bond acceptors (Lipinski definition) is 11. The quantitative estimate of drug-likeness (QED) is 0.142. The second-order valence-corrected chi connectivity index (χ2v) is 6.51. The number of esters is 2. The van der Waals surface area contributed by atoms with Crippen molar-refractivity contribution in [3.05, 3.63) is 0 Å². The van der Waals surface area contributed by atoms with Crippen molar-refractivity contribution in [3.63, 3.8) is 0 Å². The van der Waals surface area contributed by atoms with E-state index in [-0.39, 0.29) is 38.6 Å². The highest BCUT2D eigenvalue weighted by Crippen LogP contribution is 2.01. The van der Waals surface area contributed by atoms with Gasteiger partial charge in [-0.1, -0.05) is 0 Å². The number of ether oxygens (including phenoxy) is 8. The molecule has 1 N–H and O–H groups in total. The summed E-state index contributed by atoms with van der Waals surface area (Å²) < 4.78 is 41.1. The normalized spacial score (nSPS) is 10.8. The average Bonchev–Trinajstić information content (AvgIpc) is 2.80. The van der Waals surface area contributed by atoms with Gasteiger partial charge in [0.2, 0.25) is 0 Å². The molecular formula is C21H38O12. The molecule has 33 heavy (non-hydrogen) atoms. The van der Waals surface area contributed by atoms with E-state index in [0.717, 1.165) is 0 Å². The van der Waals surface area contributed by atoms with Crippen LogP contribution in [0.1, 0.15) is 25.7 Å². The van der Waals surface area contributed by atoms with E-state index in [1.807, 2.05) is 0 Å². The highest BCUT2D eigenvalue weighted by molar-refractivity contribution is 5.70. The fraction of sp³-hybridized carbons (Fsp3) is 0.857. The van der Waals surface area contributed by atoms with E-state index < -0.39 is 11.9 Å². The monoisotopic (exact) mass is 482 g/mol. The molecule has 0 aromatic carbocycles. The highest BCUT2D eigenvalue weighted by Gasteiger charge is 2.04. The number of carbonyl (C=O) groups excluding carboxylic acids is 2. The lowest BCUT2D eigenvalue weighted by Crippen LogP contribution is -2.16. The van der Waals surface area contributed by atoms with Crippen LogP contribution in [0.15, 0.2) is 0 Å². The number of carboxylic acid groups (broad SMARTS) is 1. The van der Waals surface area contributed by atoms with Crippen molar-refractivity contribution in [2.45, 2.75) is 25.7 Å². The average molecular weight is 483 g/mol. The Morgan fingerprint density at radius 2 is 0.939 bits per heavy atom. The maximum absolute atomic E-state index is 11.4. The Bertz CT molecular complexity index is 486. The molecule has 0 rings (SSSR count). The van der Waals surface area contributed by atoms with Gasteiger partial charge in [-0.05, 0) is 12.8 Å². The standard InChI is InChI=1S/C21H38O12/c1-26-21(25)18-32-15-14-30-11-10-28-7-6-27-8-9-29-12-13-31-16-17-33-20(24)5-3-2-4-19(22)23/h2-18H2,1H3,(H,22,23). The lowest BCUT2D eigenvalue weighted by molar-refractivity contribution is -0.147. The summed E-state index contributed by atoms with van der Waals surface area (Å²) in [5.74, 6) is -1.64. The predicted molar refractivity (Wildman–Crippen MR) is 114 cm³/mol. The van der Waals surface area contributed by atoms with E-state index in [2.05, 4.69) is 4.74 Å². The molecule has 0 aliphatic heterocycles. The van der Waals surface area contributed by atoms with Crippen LogP contribution in [-0.4, -0.2) is 116 Å². The van der Waals surface area contributed by atoms with E-state index in [4.69, 9.17) is 38.3 Å². The molecule has 0 bridgehead atoms. The summed E-state index contributed by atoms with van der Waals surface area (Å²) in [5, 5.41) is 8.50. The minimum absolute atomic E-state index is 0.0594. The third-order valence-corrected chi connectivity index (χ3v) is 3.82. The summed E-state index contributed by atoms with van der Waals surface area (Å²) in [7, 11) is 1.30. The van der Waals surface area contributed by atoms with Gasteiger partial charge < -0.3 is 43.0 Å². The Morgan fingerprint density at radius 3 is 1.36 bits per heavy atom. The summed E-state index contributed by atoms with van der Waals surface area (Å²) >= 11 is 0. The Morgan fingerprint density at radius 1 is 0.545 bits per heavy atom. The van der Waals surface area contributed by atoms with Crippen LogP contribution in [0.25, 0.3) is 0 Å². The van der Waals surface area contributed by atoms with Crippen LogP contribution in [0.5, 0.6) is 0 Å². The van der Waals surface area contributed by atoms with Gasteiger partial charge in [-0.15, -0.1) is 0 Å². The molecule has 0 radical (unpaired) electrons. The maximum atomic E-state index is 11.4. The number of carboxylic acids is 1. The first-order valence-electron chi connectivity index (χ1n) is 11.0. The zero-order chi connectivity index (χ0) is 24.4. The van der Waals surface area contributed by atoms with Crippen LogP contribution in [0.3, 0.4) is 0 Å². The molecule has 0 aromatic heterocycles.